The Kier molecular flexibility index (Phi) is 4.99. The van der Waals surface area contributed by atoms with Crippen molar-refractivity contribution in [2.45, 2.75) is 50.8 Å². The molecule has 3 heteroatoms. The summed E-state index contributed by atoms with van der Waals surface area (Å²) in [5.74, 6) is 0. The van der Waals surface area contributed by atoms with Crippen LogP contribution in [0.3, 0.4) is 0 Å². The van der Waals surface area contributed by atoms with Gasteiger partial charge in [0, 0.05) is 5.33 Å². The van der Waals surface area contributed by atoms with Gasteiger partial charge in [-0.05, 0) is 29.3 Å². The van der Waals surface area contributed by atoms with Crippen molar-refractivity contribution in [3.05, 3.63) is 35.4 Å². The highest BCUT2D eigenvalue weighted by Gasteiger charge is 2.37. The second kappa shape index (κ2) is 5.68. The standard InChI is InChI=1S/C14H23BrOSi/c1-14(2,3)17(4,5)16-11-13-9-7-6-8-12(13)10-15/h6-9H,10-11H2,1-5H3. The molecule has 1 aromatic carbocycles. The van der Waals surface area contributed by atoms with Crippen LogP contribution in [0.5, 0.6) is 0 Å². The molecule has 1 rings (SSSR count). The van der Waals surface area contributed by atoms with Crippen LogP contribution in [0.4, 0.5) is 0 Å². The maximum absolute atomic E-state index is 6.24. The van der Waals surface area contributed by atoms with Crippen LogP contribution in [-0.2, 0) is 16.4 Å². The number of hydrogen-bond acceptors (Lipinski definition) is 1. The van der Waals surface area contributed by atoms with E-state index in [1.165, 1.54) is 11.1 Å². The van der Waals surface area contributed by atoms with Crippen LogP contribution < -0.4 is 0 Å². The molecule has 96 valence electrons. The molecule has 0 unspecified atom stereocenters. The van der Waals surface area contributed by atoms with E-state index in [1.807, 2.05) is 0 Å². The van der Waals surface area contributed by atoms with Crippen molar-refractivity contribution in [1.29, 1.82) is 0 Å². The molecule has 0 atom stereocenters. The second-order valence-electron chi connectivity index (χ2n) is 5.95. The van der Waals surface area contributed by atoms with Crippen molar-refractivity contribution >= 4 is 24.2 Å². The van der Waals surface area contributed by atoms with Gasteiger partial charge in [0.25, 0.3) is 0 Å². The summed E-state index contributed by atoms with van der Waals surface area (Å²) in [5.41, 5.74) is 2.63. The number of benzene rings is 1. The average molecular weight is 315 g/mol. The van der Waals surface area contributed by atoms with E-state index in [9.17, 15) is 0 Å². The van der Waals surface area contributed by atoms with Gasteiger partial charge in [0.15, 0.2) is 8.32 Å². The molecule has 0 spiro atoms. The Morgan fingerprint density at radius 2 is 1.65 bits per heavy atom. The summed E-state index contributed by atoms with van der Waals surface area (Å²) < 4.78 is 6.24. The average Bonchev–Trinajstić information content (AvgIpc) is 2.25. The van der Waals surface area contributed by atoms with Crippen LogP contribution in [0.15, 0.2) is 24.3 Å². The zero-order valence-electron chi connectivity index (χ0n) is 11.5. The van der Waals surface area contributed by atoms with Gasteiger partial charge in [-0.1, -0.05) is 61.0 Å². The summed E-state index contributed by atoms with van der Waals surface area (Å²) in [6.07, 6.45) is 0. The van der Waals surface area contributed by atoms with Gasteiger partial charge < -0.3 is 4.43 Å². The van der Waals surface area contributed by atoms with Crippen molar-refractivity contribution < 1.29 is 4.43 Å². The summed E-state index contributed by atoms with van der Waals surface area (Å²) in [4.78, 5) is 0. The predicted molar refractivity (Wildman–Crippen MR) is 81.1 cm³/mol. The third kappa shape index (κ3) is 3.93. The summed E-state index contributed by atoms with van der Waals surface area (Å²) >= 11 is 3.52. The van der Waals surface area contributed by atoms with E-state index in [2.05, 4.69) is 74.1 Å². The first-order valence-corrected chi connectivity index (χ1v) is 10.1. The molecular weight excluding hydrogens is 292 g/mol. The summed E-state index contributed by atoms with van der Waals surface area (Å²) in [7, 11) is -1.64. The first kappa shape index (κ1) is 14.9. The molecule has 1 nitrogen and oxygen atoms in total. The molecule has 0 N–H and O–H groups in total. The Morgan fingerprint density at radius 1 is 1.12 bits per heavy atom. The molecule has 0 heterocycles. The van der Waals surface area contributed by atoms with E-state index in [0.29, 0.717) is 0 Å². The van der Waals surface area contributed by atoms with Crippen molar-refractivity contribution in [3.8, 4) is 0 Å². The zero-order valence-corrected chi connectivity index (χ0v) is 14.1. The number of hydrogen-bond donors (Lipinski definition) is 0. The quantitative estimate of drug-likeness (QED) is 0.554. The lowest BCUT2D eigenvalue weighted by Gasteiger charge is -2.36. The maximum atomic E-state index is 6.24. The molecule has 0 radical (unpaired) electrons. The molecule has 1 aromatic rings. The van der Waals surface area contributed by atoms with Gasteiger partial charge >= 0.3 is 0 Å². The molecule has 0 aliphatic heterocycles. The van der Waals surface area contributed by atoms with Gasteiger partial charge in [0.1, 0.15) is 0 Å². The van der Waals surface area contributed by atoms with Crippen molar-refractivity contribution in [1.82, 2.24) is 0 Å². The predicted octanol–water partition coefficient (Wildman–Crippen LogP) is 5.10. The van der Waals surface area contributed by atoms with Crippen LogP contribution in [-0.4, -0.2) is 8.32 Å². The Hall–Kier alpha value is -0.123. The lowest BCUT2D eigenvalue weighted by molar-refractivity contribution is 0.275. The van der Waals surface area contributed by atoms with E-state index in [0.717, 1.165) is 11.9 Å². The van der Waals surface area contributed by atoms with Crippen molar-refractivity contribution in [2.75, 3.05) is 0 Å². The largest absolute Gasteiger partial charge is 0.413 e. The molecule has 0 amide bonds. The van der Waals surface area contributed by atoms with Crippen LogP contribution in [0.25, 0.3) is 0 Å². The lowest BCUT2D eigenvalue weighted by atomic mass is 10.1. The summed E-state index contributed by atoms with van der Waals surface area (Å²) in [6, 6.07) is 8.46. The molecule has 0 saturated carbocycles. The summed E-state index contributed by atoms with van der Waals surface area (Å²) in [6.45, 7) is 12.1. The highest BCUT2D eigenvalue weighted by atomic mass is 79.9. The molecule has 0 aliphatic carbocycles. The van der Waals surface area contributed by atoms with E-state index in [4.69, 9.17) is 4.43 Å². The lowest BCUT2D eigenvalue weighted by Crippen LogP contribution is -2.40. The topological polar surface area (TPSA) is 9.23 Å². The second-order valence-corrected chi connectivity index (χ2v) is 11.3. The maximum Gasteiger partial charge on any atom is 0.192 e. The molecular formula is C14H23BrOSi. The van der Waals surface area contributed by atoms with Gasteiger partial charge in [-0.2, -0.15) is 0 Å². The third-order valence-electron chi connectivity index (χ3n) is 3.66. The monoisotopic (exact) mass is 314 g/mol. The van der Waals surface area contributed by atoms with E-state index in [1.54, 1.807) is 0 Å². The van der Waals surface area contributed by atoms with Crippen LogP contribution in [0.1, 0.15) is 31.9 Å². The zero-order chi connectivity index (χ0) is 13.1. The van der Waals surface area contributed by atoms with Gasteiger partial charge in [-0.3, -0.25) is 0 Å². The first-order chi connectivity index (χ1) is 7.78. The minimum absolute atomic E-state index is 0.274. The fraction of sp³-hybridized carbons (Fsp3) is 0.571. The Balaban J connectivity index is 2.74. The minimum Gasteiger partial charge on any atom is -0.413 e. The molecule has 0 fully saturated rings. The van der Waals surface area contributed by atoms with Crippen LogP contribution in [0.2, 0.25) is 18.1 Å². The fourth-order valence-electron chi connectivity index (χ4n) is 1.30. The molecule has 0 saturated heterocycles. The minimum atomic E-state index is -1.64. The Bertz CT molecular complexity index is 369. The van der Waals surface area contributed by atoms with Crippen LogP contribution >= 0.6 is 15.9 Å². The molecule has 0 aromatic heterocycles. The molecule has 0 aliphatic rings. The van der Waals surface area contributed by atoms with Crippen LogP contribution in [0, 0.1) is 0 Å². The van der Waals surface area contributed by atoms with Gasteiger partial charge in [0.05, 0.1) is 6.61 Å². The number of rotatable bonds is 4. The van der Waals surface area contributed by atoms with Gasteiger partial charge in [0.2, 0.25) is 0 Å². The molecule has 17 heavy (non-hydrogen) atoms. The van der Waals surface area contributed by atoms with E-state index >= 15 is 0 Å². The smallest absolute Gasteiger partial charge is 0.192 e. The van der Waals surface area contributed by atoms with Crippen molar-refractivity contribution in [2.24, 2.45) is 0 Å². The number of alkyl halides is 1. The number of halogens is 1. The van der Waals surface area contributed by atoms with Crippen molar-refractivity contribution in [3.63, 3.8) is 0 Å². The van der Waals surface area contributed by atoms with E-state index < -0.39 is 8.32 Å². The Morgan fingerprint density at radius 3 is 2.12 bits per heavy atom. The highest BCUT2D eigenvalue weighted by Crippen LogP contribution is 2.37. The SMILES string of the molecule is CC(C)(C)[Si](C)(C)OCc1ccccc1CBr. The fourth-order valence-corrected chi connectivity index (χ4v) is 2.80. The van der Waals surface area contributed by atoms with E-state index in [-0.39, 0.29) is 5.04 Å². The van der Waals surface area contributed by atoms with Gasteiger partial charge in [-0.25, -0.2) is 0 Å². The summed E-state index contributed by atoms with van der Waals surface area (Å²) in [5, 5.41) is 1.17. The van der Waals surface area contributed by atoms with Gasteiger partial charge in [-0.15, -0.1) is 0 Å². The third-order valence-corrected chi connectivity index (χ3v) is 8.74. The highest BCUT2D eigenvalue weighted by molar-refractivity contribution is 9.08. The first-order valence-electron chi connectivity index (χ1n) is 6.04. The Labute approximate surface area is 115 Å². The normalized spacial score (nSPS) is 12.8. The molecule has 0 bridgehead atoms.